The first-order valence-electron chi connectivity index (χ1n) is 7.67. The Morgan fingerprint density at radius 2 is 1.62 bits per heavy atom. The molecule has 126 valence electrons. The van der Waals surface area contributed by atoms with Crippen LogP contribution in [0.5, 0.6) is 5.75 Å². The van der Waals surface area contributed by atoms with Gasteiger partial charge in [0.25, 0.3) is 5.91 Å². The van der Waals surface area contributed by atoms with E-state index < -0.39 is 5.97 Å². The van der Waals surface area contributed by atoms with E-state index in [0.29, 0.717) is 11.4 Å². The Labute approximate surface area is 141 Å². The van der Waals surface area contributed by atoms with Crippen molar-refractivity contribution in [3.63, 3.8) is 0 Å². The summed E-state index contributed by atoms with van der Waals surface area (Å²) in [7, 11) is 0. The van der Waals surface area contributed by atoms with Crippen LogP contribution in [0.4, 0.5) is 5.69 Å². The monoisotopic (exact) mass is 327 g/mol. The van der Waals surface area contributed by atoms with Gasteiger partial charge in [0.1, 0.15) is 5.75 Å². The number of aryl methyl sites for hydroxylation is 2. The van der Waals surface area contributed by atoms with Crippen molar-refractivity contribution in [2.24, 2.45) is 0 Å². The number of esters is 1. The number of hydrogen-bond acceptors (Lipinski definition) is 4. The summed E-state index contributed by atoms with van der Waals surface area (Å²) < 4.78 is 10.3. The third kappa shape index (κ3) is 4.84. The Morgan fingerprint density at radius 1 is 0.917 bits per heavy atom. The van der Waals surface area contributed by atoms with E-state index in [1.54, 1.807) is 6.07 Å². The number of nitrogens with one attached hydrogen (secondary N) is 1. The third-order valence-electron chi connectivity index (χ3n) is 3.68. The quantitative estimate of drug-likeness (QED) is 0.828. The van der Waals surface area contributed by atoms with Crippen molar-refractivity contribution in [1.29, 1.82) is 0 Å². The number of benzene rings is 2. The maximum Gasteiger partial charge on any atom is 0.344 e. The van der Waals surface area contributed by atoms with Gasteiger partial charge in [0.15, 0.2) is 13.2 Å². The van der Waals surface area contributed by atoms with Crippen LogP contribution in [-0.4, -0.2) is 25.1 Å². The Balaban J connectivity index is 1.78. The summed E-state index contributed by atoms with van der Waals surface area (Å²) in [6.07, 6.45) is 0. The lowest BCUT2D eigenvalue weighted by Crippen LogP contribution is -2.24. The van der Waals surface area contributed by atoms with E-state index in [9.17, 15) is 9.59 Å². The van der Waals surface area contributed by atoms with Crippen LogP contribution in [0.15, 0.2) is 42.5 Å². The Bertz CT molecular complexity index is 740. The minimum atomic E-state index is -0.589. The van der Waals surface area contributed by atoms with Gasteiger partial charge in [-0.05, 0) is 49.6 Å². The predicted molar refractivity (Wildman–Crippen MR) is 92.2 cm³/mol. The fourth-order valence-electron chi connectivity index (χ4n) is 2.12. The average molecular weight is 327 g/mol. The van der Waals surface area contributed by atoms with Crippen molar-refractivity contribution >= 4 is 17.6 Å². The number of anilines is 1. The molecule has 0 spiro atoms. The van der Waals surface area contributed by atoms with Crippen LogP contribution in [0.3, 0.4) is 0 Å². The van der Waals surface area contributed by atoms with Gasteiger partial charge in [0.05, 0.1) is 0 Å². The molecule has 0 saturated carbocycles. The summed E-state index contributed by atoms with van der Waals surface area (Å²) in [5.41, 5.74) is 3.71. The van der Waals surface area contributed by atoms with Crippen molar-refractivity contribution in [3.05, 3.63) is 59.2 Å². The van der Waals surface area contributed by atoms with Crippen molar-refractivity contribution in [2.45, 2.75) is 20.8 Å². The molecule has 0 heterocycles. The molecular formula is C19H21NO4. The molecule has 5 nitrogen and oxygen atoms in total. The first-order chi connectivity index (χ1) is 11.5. The minimum absolute atomic E-state index is 0.235. The lowest BCUT2D eigenvalue weighted by molar-refractivity contribution is -0.149. The van der Waals surface area contributed by atoms with Gasteiger partial charge in [-0.2, -0.15) is 0 Å². The van der Waals surface area contributed by atoms with Crippen LogP contribution in [0.2, 0.25) is 0 Å². The van der Waals surface area contributed by atoms with E-state index >= 15 is 0 Å². The van der Waals surface area contributed by atoms with Crippen molar-refractivity contribution in [1.82, 2.24) is 0 Å². The number of amides is 1. The van der Waals surface area contributed by atoms with E-state index in [-0.39, 0.29) is 19.1 Å². The van der Waals surface area contributed by atoms with Gasteiger partial charge in [-0.3, -0.25) is 4.79 Å². The molecule has 5 heteroatoms. The van der Waals surface area contributed by atoms with E-state index in [1.165, 1.54) is 0 Å². The molecule has 2 aromatic carbocycles. The zero-order valence-electron chi connectivity index (χ0n) is 14.1. The molecule has 0 aromatic heterocycles. The van der Waals surface area contributed by atoms with Gasteiger partial charge in [-0.15, -0.1) is 0 Å². The minimum Gasteiger partial charge on any atom is -0.482 e. The lowest BCUT2D eigenvalue weighted by Gasteiger charge is -2.11. The summed E-state index contributed by atoms with van der Waals surface area (Å²) in [6.45, 7) is 5.20. The molecule has 0 aliphatic heterocycles. The lowest BCUT2D eigenvalue weighted by atomic mass is 10.1. The Hall–Kier alpha value is -2.82. The maximum absolute atomic E-state index is 11.9. The fourth-order valence-corrected chi connectivity index (χ4v) is 2.12. The highest BCUT2D eigenvalue weighted by molar-refractivity contribution is 5.93. The number of hydrogen-bond donors (Lipinski definition) is 1. The van der Waals surface area contributed by atoms with Gasteiger partial charge in [0.2, 0.25) is 0 Å². The summed E-state index contributed by atoms with van der Waals surface area (Å²) in [5, 5.41) is 2.73. The van der Waals surface area contributed by atoms with Crippen LogP contribution in [0.25, 0.3) is 0 Å². The van der Waals surface area contributed by atoms with Crippen LogP contribution >= 0.6 is 0 Å². The van der Waals surface area contributed by atoms with Gasteiger partial charge < -0.3 is 14.8 Å². The molecule has 0 atom stereocenters. The maximum atomic E-state index is 11.9. The standard InChI is InChI=1S/C19H21NO4/c1-13-8-6-9-16(15(13)3)20-18(21)11-24-19(22)12-23-17-10-5-4-7-14(17)2/h4-10H,11-12H2,1-3H3,(H,20,21). The highest BCUT2D eigenvalue weighted by Crippen LogP contribution is 2.18. The van der Waals surface area contributed by atoms with Crippen molar-refractivity contribution < 1.29 is 19.1 Å². The molecule has 1 N–H and O–H groups in total. The molecule has 0 aliphatic rings. The number of para-hydroxylation sites is 1. The smallest absolute Gasteiger partial charge is 0.344 e. The average Bonchev–Trinajstić information content (AvgIpc) is 2.56. The van der Waals surface area contributed by atoms with E-state index in [2.05, 4.69) is 5.32 Å². The number of carbonyl (C=O) groups excluding carboxylic acids is 2. The number of rotatable bonds is 6. The van der Waals surface area contributed by atoms with E-state index in [1.807, 2.05) is 57.2 Å². The molecule has 0 aliphatic carbocycles. The van der Waals surface area contributed by atoms with Crippen molar-refractivity contribution in [3.8, 4) is 5.75 Å². The highest BCUT2D eigenvalue weighted by atomic mass is 16.6. The Morgan fingerprint density at radius 3 is 2.38 bits per heavy atom. The molecule has 0 saturated heterocycles. The fraction of sp³-hybridized carbons (Fsp3) is 0.263. The van der Waals surface area contributed by atoms with Gasteiger partial charge in [-0.1, -0.05) is 30.3 Å². The molecule has 2 rings (SSSR count). The summed E-state index contributed by atoms with van der Waals surface area (Å²) in [6, 6.07) is 13.0. The molecule has 0 bridgehead atoms. The zero-order valence-corrected chi connectivity index (χ0v) is 14.1. The SMILES string of the molecule is Cc1ccccc1OCC(=O)OCC(=O)Nc1cccc(C)c1C. The van der Waals surface area contributed by atoms with Crippen LogP contribution < -0.4 is 10.1 Å². The predicted octanol–water partition coefficient (Wildman–Crippen LogP) is 3.17. The zero-order chi connectivity index (χ0) is 17.5. The molecule has 24 heavy (non-hydrogen) atoms. The molecular weight excluding hydrogens is 306 g/mol. The van der Waals surface area contributed by atoms with Crippen molar-refractivity contribution in [2.75, 3.05) is 18.5 Å². The number of carbonyl (C=O) groups is 2. The number of ether oxygens (including phenoxy) is 2. The second kappa shape index (κ2) is 8.15. The molecule has 0 unspecified atom stereocenters. The normalized spacial score (nSPS) is 10.1. The van der Waals surface area contributed by atoms with Gasteiger partial charge in [-0.25, -0.2) is 4.79 Å². The van der Waals surface area contributed by atoms with Crippen LogP contribution in [0.1, 0.15) is 16.7 Å². The largest absolute Gasteiger partial charge is 0.482 e. The molecule has 0 radical (unpaired) electrons. The van der Waals surface area contributed by atoms with Crippen LogP contribution in [0, 0.1) is 20.8 Å². The summed E-state index contributed by atoms with van der Waals surface area (Å²) in [5.74, 6) is -0.350. The third-order valence-corrected chi connectivity index (χ3v) is 3.68. The van der Waals surface area contributed by atoms with E-state index in [0.717, 1.165) is 16.7 Å². The molecule has 2 aromatic rings. The second-order valence-corrected chi connectivity index (χ2v) is 5.51. The first-order valence-corrected chi connectivity index (χ1v) is 7.67. The highest BCUT2D eigenvalue weighted by Gasteiger charge is 2.10. The topological polar surface area (TPSA) is 64.6 Å². The molecule has 1 amide bonds. The second-order valence-electron chi connectivity index (χ2n) is 5.51. The van der Waals surface area contributed by atoms with Gasteiger partial charge in [0, 0.05) is 5.69 Å². The first kappa shape index (κ1) is 17.5. The van der Waals surface area contributed by atoms with Gasteiger partial charge >= 0.3 is 5.97 Å². The Kier molecular flexibility index (Phi) is 5.95. The molecule has 0 fully saturated rings. The summed E-state index contributed by atoms with van der Waals surface area (Å²) in [4.78, 5) is 23.6. The van der Waals surface area contributed by atoms with Crippen LogP contribution in [-0.2, 0) is 14.3 Å². The van der Waals surface area contributed by atoms with E-state index in [4.69, 9.17) is 9.47 Å². The summed E-state index contributed by atoms with van der Waals surface area (Å²) >= 11 is 0.